The average Bonchev–Trinajstić information content (AvgIpc) is 2.13. The second-order valence-corrected chi connectivity index (χ2v) is 2.89. The normalized spacial score (nSPS) is 10.5. The van der Waals surface area contributed by atoms with Crippen molar-refractivity contribution in [3.8, 4) is 0 Å². The quantitative estimate of drug-likeness (QED) is 0.373. The SMILES string of the molecule is C=C(C)C(C)(C(=O)OC)C(=O)OC. The van der Waals surface area contributed by atoms with Crippen molar-refractivity contribution in [1.29, 1.82) is 0 Å². The molecule has 0 amide bonds. The molecule has 0 aromatic heterocycles. The number of esters is 2. The first-order valence-electron chi connectivity index (χ1n) is 3.74. The Labute approximate surface area is 77.5 Å². The Morgan fingerprint density at radius 3 is 1.62 bits per heavy atom. The Morgan fingerprint density at radius 2 is 1.46 bits per heavy atom. The molecular weight excluding hydrogens is 172 g/mol. The monoisotopic (exact) mass is 186 g/mol. The van der Waals surface area contributed by atoms with E-state index in [2.05, 4.69) is 16.1 Å². The van der Waals surface area contributed by atoms with Gasteiger partial charge in [0, 0.05) is 0 Å². The zero-order chi connectivity index (χ0) is 10.6. The van der Waals surface area contributed by atoms with E-state index < -0.39 is 17.4 Å². The van der Waals surface area contributed by atoms with E-state index >= 15 is 0 Å². The summed E-state index contributed by atoms with van der Waals surface area (Å²) < 4.78 is 9.00. The molecule has 0 N–H and O–H groups in total. The highest BCUT2D eigenvalue weighted by Gasteiger charge is 2.44. The summed E-state index contributed by atoms with van der Waals surface area (Å²) in [6, 6.07) is 0. The first kappa shape index (κ1) is 11.7. The maximum Gasteiger partial charge on any atom is 0.327 e. The number of ether oxygens (including phenoxy) is 2. The van der Waals surface area contributed by atoms with Gasteiger partial charge < -0.3 is 9.47 Å². The first-order valence-corrected chi connectivity index (χ1v) is 3.74. The van der Waals surface area contributed by atoms with E-state index in [1.807, 2.05) is 0 Å². The molecular formula is C9H14O4. The van der Waals surface area contributed by atoms with Crippen LogP contribution in [-0.4, -0.2) is 26.2 Å². The summed E-state index contributed by atoms with van der Waals surface area (Å²) in [7, 11) is 2.43. The fraction of sp³-hybridized carbons (Fsp3) is 0.556. The lowest BCUT2D eigenvalue weighted by Gasteiger charge is -2.23. The number of hydrogen-bond donors (Lipinski definition) is 0. The van der Waals surface area contributed by atoms with Gasteiger partial charge in [0.2, 0.25) is 0 Å². The third-order valence-electron chi connectivity index (χ3n) is 2.04. The summed E-state index contributed by atoms with van der Waals surface area (Å²) in [6.07, 6.45) is 0. The Balaban J connectivity index is 5.06. The van der Waals surface area contributed by atoms with Crippen molar-refractivity contribution in [2.75, 3.05) is 14.2 Å². The third kappa shape index (κ3) is 1.88. The molecule has 74 valence electrons. The summed E-state index contributed by atoms with van der Waals surface area (Å²) >= 11 is 0. The topological polar surface area (TPSA) is 52.6 Å². The Morgan fingerprint density at radius 1 is 1.15 bits per heavy atom. The van der Waals surface area contributed by atoms with E-state index in [0.717, 1.165) is 0 Å². The van der Waals surface area contributed by atoms with E-state index in [1.165, 1.54) is 21.1 Å². The van der Waals surface area contributed by atoms with Gasteiger partial charge in [-0.2, -0.15) is 0 Å². The molecule has 0 aromatic carbocycles. The average molecular weight is 186 g/mol. The molecule has 0 aliphatic rings. The molecule has 0 atom stereocenters. The van der Waals surface area contributed by atoms with E-state index in [0.29, 0.717) is 5.57 Å². The second kappa shape index (κ2) is 4.07. The second-order valence-electron chi connectivity index (χ2n) is 2.89. The van der Waals surface area contributed by atoms with E-state index in [4.69, 9.17) is 0 Å². The number of methoxy groups -OCH3 is 2. The molecule has 4 heteroatoms. The summed E-state index contributed by atoms with van der Waals surface area (Å²) in [5, 5.41) is 0. The molecule has 0 unspecified atom stereocenters. The summed E-state index contributed by atoms with van der Waals surface area (Å²) in [5.74, 6) is -1.32. The van der Waals surface area contributed by atoms with Crippen molar-refractivity contribution in [2.24, 2.45) is 5.41 Å². The van der Waals surface area contributed by atoms with Crippen LogP contribution >= 0.6 is 0 Å². The molecule has 0 saturated heterocycles. The van der Waals surface area contributed by atoms with Gasteiger partial charge in [-0.25, -0.2) is 0 Å². The highest BCUT2D eigenvalue weighted by molar-refractivity contribution is 6.02. The van der Waals surface area contributed by atoms with Gasteiger partial charge in [-0.1, -0.05) is 12.2 Å². The molecule has 0 spiro atoms. The number of hydrogen-bond acceptors (Lipinski definition) is 4. The van der Waals surface area contributed by atoms with Gasteiger partial charge in [0.1, 0.15) is 0 Å². The van der Waals surface area contributed by atoms with Gasteiger partial charge >= 0.3 is 11.9 Å². The van der Waals surface area contributed by atoms with Gasteiger partial charge in [-0.05, 0) is 13.8 Å². The van der Waals surface area contributed by atoms with E-state index in [9.17, 15) is 9.59 Å². The predicted octanol–water partition coefficient (Wildman–Crippen LogP) is 0.915. The van der Waals surface area contributed by atoms with Crippen molar-refractivity contribution >= 4 is 11.9 Å². The molecule has 0 rings (SSSR count). The van der Waals surface area contributed by atoms with Crippen LogP contribution in [0.3, 0.4) is 0 Å². The summed E-state index contributed by atoms with van der Waals surface area (Å²) in [5.41, 5.74) is -1.00. The van der Waals surface area contributed by atoms with Gasteiger partial charge in [0.05, 0.1) is 14.2 Å². The van der Waals surface area contributed by atoms with E-state index in [-0.39, 0.29) is 0 Å². The number of rotatable bonds is 3. The standard InChI is InChI=1S/C9H14O4/c1-6(2)9(3,7(10)12-4)8(11)13-5/h1H2,2-5H3. The lowest BCUT2D eigenvalue weighted by Crippen LogP contribution is -2.39. The number of carbonyl (C=O) groups is 2. The van der Waals surface area contributed by atoms with E-state index in [1.54, 1.807) is 6.92 Å². The lowest BCUT2D eigenvalue weighted by atomic mass is 9.84. The zero-order valence-electron chi connectivity index (χ0n) is 8.34. The Hall–Kier alpha value is -1.32. The fourth-order valence-electron chi connectivity index (χ4n) is 0.840. The lowest BCUT2D eigenvalue weighted by molar-refractivity contribution is -0.164. The minimum absolute atomic E-state index is 0.395. The van der Waals surface area contributed by atoms with Gasteiger partial charge in [0.15, 0.2) is 5.41 Å². The third-order valence-corrected chi connectivity index (χ3v) is 2.04. The van der Waals surface area contributed by atoms with Crippen LogP contribution in [0.15, 0.2) is 12.2 Å². The van der Waals surface area contributed by atoms with Crippen LogP contribution in [0.5, 0.6) is 0 Å². The summed E-state index contributed by atoms with van der Waals surface area (Å²) in [4.78, 5) is 22.6. The van der Waals surface area contributed by atoms with Crippen molar-refractivity contribution in [1.82, 2.24) is 0 Å². The summed E-state index contributed by atoms with van der Waals surface area (Å²) in [6.45, 7) is 6.56. The maximum absolute atomic E-state index is 11.3. The van der Waals surface area contributed by atoms with Crippen molar-refractivity contribution in [3.05, 3.63) is 12.2 Å². The van der Waals surface area contributed by atoms with Crippen molar-refractivity contribution < 1.29 is 19.1 Å². The van der Waals surface area contributed by atoms with Crippen molar-refractivity contribution in [3.63, 3.8) is 0 Å². The van der Waals surface area contributed by atoms with Crippen LogP contribution < -0.4 is 0 Å². The van der Waals surface area contributed by atoms with Crippen LogP contribution in [0.2, 0.25) is 0 Å². The van der Waals surface area contributed by atoms with Crippen LogP contribution in [0.25, 0.3) is 0 Å². The number of carbonyl (C=O) groups excluding carboxylic acids is 2. The molecule has 0 aliphatic carbocycles. The highest BCUT2D eigenvalue weighted by Crippen LogP contribution is 2.28. The Kier molecular flexibility index (Phi) is 3.66. The van der Waals surface area contributed by atoms with Crippen molar-refractivity contribution in [2.45, 2.75) is 13.8 Å². The molecule has 0 heterocycles. The molecule has 4 nitrogen and oxygen atoms in total. The largest absolute Gasteiger partial charge is 0.468 e. The molecule has 0 aromatic rings. The molecule has 0 radical (unpaired) electrons. The van der Waals surface area contributed by atoms with Gasteiger partial charge in [-0.15, -0.1) is 0 Å². The van der Waals surface area contributed by atoms with Gasteiger partial charge in [-0.3, -0.25) is 9.59 Å². The smallest absolute Gasteiger partial charge is 0.327 e. The highest BCUT2D eigenvalue weighted by atomic mass is 16.5. The molecule has 13 heavy (non-hydrogen) atoms. The minimum atomic E-state index is -1.40. The molecule has 0 fully saturated rings. The van der Waals surface area contributed by atoms with Crippen LogP contribution in [0.1, 0.15) is 13.8 Å². The minimum Gasteiger partial charge on any atom is -0.468 e. The van der Waals surface area contributed by atoms with Gasteiger partial charge in [0.25, 0.3) is 0 Å². The molecule has 0 aliphatic heterocycles. The van der Waals surface area contributed by atoms with Crippen LogP contribution in [0, 0.1) is 5.41 Å². The maximum atomic E-state index is 11.3. The predicted molar refractivity (Wildman–Crippen MR) is 47.0 cm³/mol. The van der Waals surface area contributed by atoms with Crippen LogP contribution in [0.4, 0.5) is 0 Å². The molecule has 0 saturated carbocycles. The zero-order valence-corrected chi connectivity index (χ0v) is 8.34. The first-order chi connectivity index (χ1) is 5.91. The van der Waals surface area contributed by atoms with Crippen LogP contribution in [-0.2, 0) is 19.1 Å². The Bertz CT molecular complexity index is 226. The fourth-order valence-corrected chi connectivity index (χ4v) is 0.840. The molecule has 0 bridgehead atoms.